The highest BCUT2D eigenvalue weighted by Crippen LogP contribution is 2.29. The molecule has 0 aromatic carbocycles. The SMILES string of the molecule is O=C=NCCC1=C(CCN=C=O)CC(O)CC1. The molecule has 0 saturated carbocycles. The van der Waals surface area contributed by atoms with E-state index in [0.29, 0.717) is 25.9 Å². The summed E-state index contributed by atoms with van der Waals surface area (Å²) in [6, 6.07) is 0. The Kier molecular flexibility index (Phi) is 6.12. The van der Waals surface area contributed by atoms with Gasteiger partial charge >= 0.3 is 0 Å². The maximum atomic E-state index is 9.99. The van der Waals surface area contributed by atoms with Crippen LogP contribution in [-0.2, 0) is 9.59 Å². The lowest BCUT2D eigenvalue weighted by Gasteiger charge is -2.23. The molecule has 0 heterocycles. The minimum absolute atomic E-state index is 0.302. The Morgan fingerprint density at radius 2 is 1.71 bits per heavy atom. The molecule has 1 atom stereocenters. The monoisotopic (exact) mass is 236 g/mol. The molecule has 0 radical (unpaired) electrons. The van der Waals surface area contributed by atoms with Crippen LogP contribution in [0, 0.1) is 0 Å². The molecule has 0 bridgehead atoms. The fourth-order valence-electron chi connectivity index (χ4n) is 2.10. The highest BCUT2D eigenvalue weighted by atomic mass is 16.3. The molecule has 0 aromatic rings. The average molecular weight is 236 g/mol. The van der Waals surface area contributed by atoms with Crippen LogP contribution in [0.5, 0.6) is 0 Å². The van der Waals surface area contributed by atoms with Gasteiger partial charge in [0.05, 0.1) is 19.2 Å². The molecule has 5 heteroatoms. The van der Waals surface area contributed by atoms with Crippen LogP contribution in [0.2, 0.25) is 0 Å². The van der Waals surface area contributed by atoms with Gasteiger partial charge in [0, 0.05) is 0 Å². The third-order valence-electron chi connectivity index (χ3n) is 2.94. The quantitative estimate of drug-likeness (QED) is 0.428. The lowest BCUT2D eigenvalue weighted by Crippen LogP contribution is -2.16. The first-order valence-electron chi connectivity index (χ1n) is 5.73. The summed E-state index contributed by atoms with van der Waals surface area (Å²) >= 11 is 0. The number of nitrogens with zero attached hydrogens (tertiary/aromatic N) is 2. The van der Waals surface area contributed by atoms with E-state index >= 15 is 0 Å². The van der Waals surface area contributed by atoms with Gasteiger partial charge in [-0.3, -0.25) is 0 Å². The van der Waals surface area contributed by atoms with Gasteiger partial charge in [-0.1, -0.05) is 11.1 Å². The summed E-state index contributed by atoms with van der Waals surface area (Å²) in [6.07, 6.45) is 6.33. The molecule has 0 aliphatic heterocycles. The van der Waals surface area contributed by atoms with Crippen LogP contribution >= 0.6 is 0 Å². The van der Waals surface area contributed by atoms with E-state index in [1.165, 1.54) is 17.7 Å². The first-order valence-corrected chi connectivity index (χ1v) is 5.73. The van der Waals surface area contributed by atoms with Gasteiger partial charge in [-0.25, -0.2) is 19.6 Å². The molecule has 1 aliphatic carbocycles. The molecule has 0 aromatic heterocycles. The predicted molar refractivity (Wildman–Crippen MR) is 62.1 cm³/mol. The van der Waals surface area contributed by atoms with Gasteiger partial charge < -0.3 is 5.11 Å². The van der Waals surface area contributed by atoms with Crippen molar-refractivity contribution in [1.29, 1.82) is 0 Å². The third-order valence-corrected chi connectivity index (χ3v) is 2.94. The second-order valence-corrected chi connectivity index (χ2v) is 4.05. The summed E-state index contributed by atoms with van der Waals surface area (Å²) in [7, 11) is 0. The number of aliphatic imine (C=N–C) groups is 2. The predicted octanol–water partition coefficient (Wildman–Crippen LogP) is 1.28. The largest absolute Gasteiger partial charge is 0.393 e. The van der Waals surface area contributed by atoms with Gasteiger partial charge in [-0.05, 0) is 32.1 Å². The molecular weight excluding hydrogens is 220 g/mol. The molecule has 92 valence electrons. The van der Waals surface area contributed by atoms with Crippen molar-refractivity contribution < 1.29 is 14.7 Å². The Labute approximate surface area is 100.0 Å². The van der Waals surface area contributed by atoms with Gasteiger partial charge in [0.15, 0.2) is 0 Å². The van der Waals surface area contributed by atoms with Crippen molar-refractivity contribution in [2.24, 2.45) is 9.98 Å². The summed E-state index contributed by atoms with van der Waals surface area (Å²) in [5.74, 6) is 0. The van der Waals surface area contributed by atoms with E-state index in [1.54, 1.807) is 0 Å². The Balaban J connectivity index is 2.63. The number of hydrogen-bond donors (Lipinski definition) is 1. The second kappa shape index (κ2) is 7.69. The number of carbonyl (C=O) groups excluding carboxylic acids is 2. The van der Waals surface area contributed by atoms with E-state index in [9.17, 15) is 14.7 Å². The highest BCUT2D eigenvalue weighted by molar-refractivity contribution is 5.33. The van der Waals surface area contributed by atoms with Gasteiger partial charge in [-0.15, -0.1) is 0 Å². The van der Waals surface area contributed by atoms with Crippen molar-refractivity contribution in [3.05, 3.63) is 11.1 Å². The fourth-order valence-corrected chi connectivity index (χ4v) is 2.10. The van der Waals surface area contributed by atoms with Crippen LogP contribution in [0.4, 0.5) is 0 Å². The maximum absolute atomic E-state index is 9.99. The smallest absolute Gasteiger partial charge is 0.234 e. The van der Waals surface area contributed by atoms with E-state index in [4.69, 9.17) is 0 Å². The molecule has 5 nitrogen and oxygen atoms in total. The summed E-state index contributed by atoms with van der Waals surface area (Å²) in [6.45, 7) is 0.849. The zero-order valence-electron chi connectivity index (χ0n) is 9.69. The number of aliphatic hydroxyl groups is 1. The van der Waals surface area contributed by atoms with E-state index < -0.39 is 0 Å². The maximum Gasteiger partial charge on any atom is 0.234 e. The molecule has 0 spiro atoms. The van der Waals surface area contributed by atoms with Crippen molar-refractivity contribution in [2.45, 2.75) is 38.2 Å². The van der Waals surface area contributed by atoms with Crippen LogP contribution < -0.4 is 0 Å². The number of rotatable bonds is 6. The number of isocyanates is 2. The third kappa shape index (κ3) is 4.87. The standard InChI is InChI=1S/C12H16N2O3/c15-8-13-5-3-10-1-2-12(17)7-11(10)4-6-14-9-16/h12,17H,1-7H2. The topological polar surface area (TPSA) is 79.1 Å². The first-order chi connectivity index (χ1) is 8.27. The molecule has 0 fully saturated rings. The molecule has 0 amide bonds. The van der Waals surface area contributed by atoms with E-state index in [-0.39, 0.29) is 6.10 Å². The minimum Gasteiger partial charge on any atom is -0.393 e. The Morgan fingerprint density at radius 3 is 2.29 bits per heavy atom. The Morgan fingerprint density at radius 1 is 1.12 bits per heavy atom. The number of aliphatic hydroxyl groups excluding tert-OH is 1. The van der Waals surface area contributed by atoms with Crippen LogP contribution in [0.15, 0.2) is 21.1 Å². The average Bonchev–Trinajstić information content (AvgIpc) is 2.32. The molecular formula is C12H16N2O3. The van der Waals surface area contributed by atoms with E-state index in [2.05, 4.69) is 9.98 Å². The molecule has 1 aliphatic rings. The lowest BCUT2D eigenvalue weighted by atomic mass is 9.86. The second-order valence-electron chi connectivity index (χ2n) is 4.05. The summed E-state index contributed by atoms with van der Waals surface area (Å²) in [5, 5.41) is 9.60. The van der Waals surface area contributed by atoms with Gasteiger partial charge in [0.25, 0.3) is 0 Å². The molecule has 17 heavy (non-hydrogen) atoms. The van der Waals surface area contributed by atoms with Crippen molar-refractivity contribution in [3.63, 3.8) is 0 Å². The van der Waals surface area contributed by atoms with E-state index in [0.717, 1.165) is 24.8 Å². The van der Waals surface area contributed by atoms with Gasteiger partial charge in [0.1, 0.15) is 0 Å². The van der Waals surface area contributed by atoms with Crippen LogP contribution in [0.1, 0.15) is 32.1 Å². The first kappa shape index (κ1) is 13.5. The fraction of sp³-hybridized carbons (Fsp3) is 0.667. The summed E-state index contributed by atoms with van der Waals surface area (Å²) < 4.78 is 0. The van der Waals surface area contributed by atoms with Crippen LogP contribution in [0.25, 0.3) is 0 Å². The Hall–Kier alpha value is -1.54. The van der Waals surface area contributed by atoms with E-state index in [1.807, 2.05) is 0 Å². The molecule has 1 N–H and O–H groups in total. The van der Waals surface area contributed by atoms with Crippen LogP contribution in [-0.4, -0.2) is 36.5 Å². The zero-order chi connectivity index (χ0) is 12.5. The van der Waals surface area contributed by atoms with Crippen molar-refractivity contribution in [2.75, 3.05) is 13.1 Å². The Bertz CT molecular complexity index is 377. The summed E-state index contributed by atoms with van der Waals surface area (Å²) in [5.41, 5.74) is 2.37. The minimum atomic E-state index is -0.302. The highest BCUT2D eigenvalue weighted by Gasteiger charge is 2.18. The zero-order valence-corrected chi connectivity index (χ0v) is 9.69. The van der Waals surface area contributed by atoms with Crippen LogP contribution in [0.3, 0.4) is 0 Å². The van der Waals surface area contributed by atoms with Gasteiger partial charge in [-0.2, -0.15) is 0 Å². The molecule has 0 saturated heterocycles. The summed E-state index contributed by atoms with van der Waals surface area (Å²) in [4.78, 5) is 27.0. The van der Waals surface area contributed by atoms with Crippen molar-refractivity contribution in [1.82, 2.24) is 0 Å². The molecule has 1 unspecified atom stereocenters. The van der Waals surface area contributed by atoms with Gasteiger partial charge in [0.2, 0.25) is 12.2 Å². The molecule has 1 rings (SSSR count). The van der Waals surface area contributed by atoms with Crippen molar-refractivity contribution in [3.8, 4) is 0 Å². The lowest BCUT2D eigenvalue weighted by molar-refractivity contribution is 0.156. The normalized spacial score (nSPS) is 19.5. The number of hydrogen-bond acceptors (Lipinski definition) is 5. The van der Waals surface area contributed by atoms with Crippen molar-refractivity contribution >= 4 is 12.2 Å².